The molecular weight excluding hydrogens is 478 g/mol. The first-order chi connectivity index (χ1) is 17.0. The Morgan fingerprint density at radius 1 is 0.857 bits per heavy atom. The minimum Gasteiger partial charge on any atom is -0.355 e. The molecule has 1 N–H and O–H groups in total. The molecule has 5 nitrogen and oxygen atoms in total. The number of hydrogen-bond donors (Lipinski definition) is 1. The molecule has 5 rings (SSSR count). The number of nitrogens with one attached hydrogen (secondary N) is 1. The lowest BCUT2D eigenvalue weighted by Crippen LogP contribution is -3.13. The van der Waals surface area contributed by atoms with E-state index in [-0.39, 0.29) is 11.8 Å². The van der Waals surface area contributed by atoms with Gasteiger partial charge in [-0.3, -0.25) is 9.59 Å². The van der Waals surface area contributed by atoms with Crippen molar-refractivity contribution in [3.63, 3.8) is 0 Å². The first-order valence-electron chi connectivity index (χ1n) is 11.7. The number of carbonyl (C=O) groups is 2. The molecule has 2 aliphatic rings. The fraction of sp³-hybridized carbons (Fsp3) is 0.214. The average Bonchev–Trinajstić information content (AvgIpc) is 3.11. The van der Waals surface area contributed by atoms with Gasteiger partial charge < -0.3 is 9.80 Å². The van der Waals surface area contributed by atoms with E-state index in [1.807, 2.05) is 49.4 Å². The van der Waals surface area contributed by atoms with Crippen LogP contribution in [0.15, 0.2) is 94.4 Å². The van der Waals surface area contributed by atoms with Crippen LogP contribution in [0.4, 0.5) is 5.69 Å². The average molecular weight is 505 g/mol. The predicted octanol–water partition coefficient (Wildman–Crippen LogP) is 3.93. The first-order valence-corrected chi connectivity index (χ1v) is 12.9. The van der Waals surface area contributed by atoms with Crippen molar-refractivity contribution in [2.45, 2.75) is 18.4 Å². The van der Waals surface area contributed by atoms with Crippen LogP contribution in [0.1, 0.15) is 11.1 Å². The maximum atomic E-state index is 13.7. The molecule has 0 unspecified atom stereocenters. The van der Waals surface area contributed by atoms with Crippen LogP contribution in [0.3, 0.4) is 0 Å². The van der Waals surface area contributed by atoms with E-state index in [2.05, 4.69) is 29.2 Å². The SMILES string of the molecule is Cc1ccc(N2C(=O)C(Sc3ccc(Cl)cc3)=C(N3CC[NH+](Cc4ccccc4)CC3)C2=O)cc1. The third kappa shape index (κ3) is 5.15. The highest BCUT2D eigenvalue weighted by atomic mass is 35.5. The Hall–Kier alpha value is -3.06. The smallest absolute Gasteiger partial charge is 0.283 e. The third-order valence-electron chi connectivity index (χ3n) is 6.43. The van der Waals surface area contributed by atoms with Gasteiger partial charge in [-0.2, -0.15) is 0 Å². The molecule has 0 spiro atoms. The van der Waals surface area contributed by atoms with E-state index in [0.29, 0.717) is 21.3 Å². The Bertz CT molecular complexity index is 1250. The van der Waals surface area contributed by atoms with Gasteiger partial charge in [-0.15, -0.1) is 0 Å². The zero-order chi connectivity index (χ0) is 24.4. The van der Waals surface area contributed by atoms with E-state index in [1.165, 1.54) is 27.1 Å². The molecule has 1 fully saturated rings. The molecule has 0 atom stereocenters. The Balaban J connectivity index is 1.40. The highest BCUT2D eigenvalue weighted by Gasteiger charge is 2.43. The number of amides is 2. The lowest BCUT2D eigenvalue weighted by atomic mass is 10.2. The summed E-state index contributed by atoms with van der Waals surface area (Å²) in [6.07, 6.45) is 0. The third-order valence-corrected chi connectivity index (χ3v) is 7.76. The summed E-state index contributed by atoms with van der Waals surface area (Å²) < 4.78 is 0. The maximum absolute atomic E-state index is 13.7. The van der Waals surface area contributed by atoms with E-state index in [9.17, 15) is 9.59 Å². The number of anilines is 1. The molecule has 0 aromatic heterocycles. The molecule has 0 radical (unpaired) electrons. The van der Waals surface area contributed by atoms with E-state index in [0.717, 1.165) is 43.2 Å². The number of quaternary nitrogens is 1. The second kappa shape index (κ2) is 10.3. The zero-order valence-corrected chi connectivity index (χ0v) is 21.1. The molecule has 2 aliphatic heterocycles. The van der Waals surface area contributed by atoms with Crippen molar-refractivity contribution in [1.29, 1.82) is 0 Å². The zero-order valence-electron chi connectivity index (χ0n) is 19.5. The fourth-order valence-electron chi connectivity index (χ4n) is 4.53. The van der Waals surface area contributed by atoms with Crippen molar-refractivity contribution in [2.75, 3.05) is 31.1 Å². The molecule has 2 amide bonds. The van der Waals surface area contributed by atoms with Crippen molar-refractivity contribution in [3.05, 3.63) is 106 Å². The molecule has 7 heteroatoms. The van der Waals surface area contributed by atoms with Crippen LogP contribution in [-0.4, -0.2) is 42.9 Å². The number of carbonyl (C=O) groups excluding carboxylic acids is 2. The van der Waals surface area contributed by atoms with Crippen molar-refractivity contribution in [1.82, 2.24) is 4.90 Å². The quantitative estimate of drug-likeness (QED) is 0.517. The van der Waals surface area contributed by atoms with Crippen LogP contribution in [0, 0.1) is 6.92 Å². The van der Waals surface area contributed by atoms with Crippen LogP contribution in [-0.2, 0) is 16.1 Å². The summed E-state index contributed by atoms with van der Waals surface area (Å²) in [7, 11) is 0. The molecule has 3 aromatic rings. The van der Waals surface area contributed by atoms with Gasteiger partial charge in [0.05, 0.1) is 31.9 Å². The van der Waals surface area contributed by atoms with E-state index >= 15 is 0 Å². The summed E-state index contributed by atoms with van der Waals surface area (Å²) in [4.78, 5) is 33.5. The number of rotatable bonds is 6. The number of hydrogen-bond acceptors (Lipinski definition) is 4. The highest BCUT2D eigenvalue weighted by Crippen LogP contribution is 2.39. The minimum absolute atomic E-state index is 0.248. The normalized spacial score (nSPS) is 17.0. The number of imide groups is 1. The number of piperazine rings is 1. The summed E-state index contributed by atoms with van der Waals surface area (Å²) in [6.45, 7) is 6.21. The monoisotopic (exact) mass is 504 g/mol. The largest absolute Gasteiger partial charge is 0.355 e. The summed E-state index contributed by atoms with van der Waals surface area (Å²) in [5.74, 6) is -0.519. The molecule has 3 aromatic carbocycles. The molecule has 35 heavy (non-hydrogen) atoms. The second-order valence-electron chi connectivity index (χ2n) is 8.91. The van der Waals surface area contributed by atoms with Gasteiger partial charge in [0.15, 0.2) is 0 Å². The molecule has 0 aliphatic carbocycles. The number of halogens is 1. The van der Waals surface area contributed by atoms with Gasteiger partial charge in [0.25, 0.3) is 11.8 Å². The van der Waals surface area contributed by atoms with E-state index in [4.69, 9.17) is 11.6 Å². The number of thioether (sulfide) groups is 1. The fourth-order valence-corrected chi connectivity index (χ4v) is 5.65. The van der Waals surface area contributed by atoms with Gasteiger partial charge in [-0.25, -0.2) is 4.90 Å². The van der Waals surface area contributed by atoms with Gasteiger partial charge in [0.1, 0.15) is 17.1 Å². The van der Waals surface area contributed by atoms with Crippen molar-refractivity contribution in [3.8, 4) is 0 Å². The first kappa shape index (κ1) is 23.7. The topological polar surface area (TPSA) is 45.1 Å². The summed E-state index contributed by atoms with van der Waals surface area (Å²) in [5.41, 5.74) is 3.50. The molecule has 0 bridgehead atoms. The standard InChI is InChI=1S/C28H26ClN3O2S/c1-20-7-11-23(12-8-20)32-27(33)25(26(28(32)34)35-24-13-9-22(29)10-14-24)31-17-15-30(16-18-31)19-21-5-3-2-4-6-21/h2-14H,15-19H2,1H3/p+1. The summed E-state index contributed by atoms with van der Waals surface area (Å²) in [6, 6.07) is 25.4. The van der Waals surface area contributed by atoms with Gasteiger partial charge in [-0.05, 0) is 43.3 Å². The number of benzene rings is 3. The van der Waals surface area contributed by atoms with Crippen LogP contribution >= 0.6 is 23.4 Å². The van der Waals surface area contributed by atoms with Crippen LogP contribution in [0.2, 0.25) is 5.02 Å². The Morgan fingerprint density at radius 2 is 1.51 bits per heavy atom. The van der Waals surface area contributed by atoms with Crippen LogP contribution in [0.5, 0.6) is 0 Å². The molecule has 0 saturated carbocycles. The van der Waals surface area contributed by atoms with E-state index < -0.39 is 0 Å². The lowest BCUT2D eigenvalue weighted by Gasteiger charge is -2.34. The lowest BCUT2D eigenvalue weighted by molar-refractivity contribution is -0.917. The van der Waals surface area contributed by atoms with Gasteiger partial charge in [0, 0.05) is 15.5 Å². The van der Waals surface area contributed by atoms with Gasteiger partial charge in [0.2, 0.25) is 0 Å². The summed E-state index contributed by atoms with van der Waals surface area (Å²) >= 11 is 7.40. The van der Waals surface area contributed by atoms with Crippen LogP contribution in [0.25, 0.3) is 0 Å². The summed E-state index contributed by atoms with van der Waals surface area (Å²) in [5, 5.41) is 0.635. The molecular formula is C28H27ClN3O2S+. The Kier molecular flexibility index (Phi) is 6.95. The Labute approximate surface area is 215 Å². The van der Waals surface area contributed by atoms with E-state index in [1.54, 1.807) is 12.1 Å². The number of aryl methyl sites for hydroxylation is 1. The highest BCUT2D eigenvalue weighted by molar-refractivity contribution is 8.04. The predicted molar refractivity (Wildman–Crippen MR) is 140 cm³/mol. The van der Waals surface area contributed by atoms with Crippen molar-refractivity contribution < 1.29 is 14.5 Å². The second-order valence-corrected chi connectivity index (χ2v) is 10.4. The van der Waals surface area contributed by atoms with Gasteiger partial charge >= 0.3 is 0 Å². The van der Waals surface area contributed by atoms with Crippen molar-refractivity contribution in [2.24, 2.45) is 0 Å². The van der Waals surface area contributed by atoms with Gasteiger partial charge in [-0.1, -0.05) is 71.4 Å². The molecule has 178 valence electrons. The number of nitrogens with zero attached hydrogens (tertiary/aromatic N) is 2. The molecule has 1 saturated heterocycles. The van der Waals surface area contributed by atoms with Crippen LogP contribution < -0.4 is 9.80 Å². The van der Waals surface area contributed by atoms with Crippen molar-refractivity contribution >= 4 is 40.9 Å². The Morgan fingerprint density at radius 3 is 2.17 bits per heavy atom. The maximum Gasteiger partial charge on any atom is 0.283 e. The molecule has 2 heterocycles. The minimum atomic E-state index is -0.270.